The highest BCUT2D eigenvalue weighted by Crippen LogP contribution is 2.03. The molecule has 0 atom stereocenters. The Hall–Kier alpha value is -0.290. The summed E-state index contributed by atoms with van der Waals surface area (Å²) in [6.45, 7) is 2.90. The molecule has 5 heteroatoms. The van der Waals surface area contributed by atoms with Gasteiger partial charge in [-0.15, -0.1) is 0 Å². The Balaban J connectivity index is 2.86. The van der Waals surface area contributed by atoms with Gasteiger partial charge < -0.3 is 0 Å². The summed E-state index contributed by atoms with van der Waals surface area (Å²) in [5.74, 6) is 1.86. The largest absolute Gasteiger partial charge is 0.282 e. The van der Waals surface area contributed by atoms with Gasteiger partial charge >= 0.3 is 0 Å². The Morgan fingerprint density at radius 3 is 2.91 bits per heavy atom. The van der Waals surface area contributed by atoms with Crippen LogP contribution in [0.25, 0.3) is 0 Å². The Morgan fingerprint density at radius 2 is 2.45 bits per heavy atom. The molecule has 1 aromatic rings. The van der Waals surface area contributed by atoms with Gasteiger partial charge in [0.15, 0.2) is 0 Å². The average Bonchev–Trinajstić information content (AvgIpc) is 2.32. The maximum Gasteiger partial charge on any atom is 0.216 e. The Bertz CT molecular complexity index is 276. The minimum atomic E-state index is 0.650. The molecule has 1 aromatic heterocycles. The molecule has 11 heavy (non-hydrogen) atoms. The van der Waals surface area contributed by atoms with Crippen LogP contribution in [0.15, 0.2) is 0 Å². The van der Waals surface area contributed by atoms with Crippen LogP contribution in [0.5, 0.6) is 0 Å². The van der Waals surface area contributed by atoms with Crippen molar-refractivity contribution in [3.05, 3.63) is 10.6 Å². The van der Waals surface area contributed by atoms with E-state index < -0.39 is 0 Å². The summed E-state index contributed by atoms with van der Waals surface area (Å²) < 4.78 is 2.51. The third kappa shape index (κ3) is 2.07. The average molecular weight is 189 g/mol. The van der Waals surface area contributed by atoms with Crippen LogP contribution in [-0.4, -0.2) is 21.0 Å². The first-order valence-electron chi connectivity index (χ1n) is 3.42. The van der Waals surface area contributed by atoms with E-state index in [2.05, 4.69) is 10.1 Å². The van der Waals surface area contributed by atoms with E-state index in [0.717, 1.165) is 18.1 Å². The van der Waals surface area contributed by atoms with Gasteiger partial charge in [-0.3, -0.25) is 9.78 Å². The van der Waals surface area contributed by atoms with Crippen LogP contribution < -0.4 is 0 Å². The van der Waals surface area contributed by atoms with Gasteiger partial charge in [0, 0.05) is 6.54 Å². The zero-order chi connectivity index (χ0) is 8.27. The maximum atomic E-state index is 5.00. The minimum Gasteiger partial charge on any atom is -0.282 e. The van der Waals surface area contributed by atoms with Crippen molar-refractivity contribution in [3.8, 4) is 0 Å². The summed E-state index contributed by atoms with van der Waals surface area (Å²) in [5.41, 5.74) is 0. The first-order valence-corrected chi connectivity index (χ1v) is 5.22. The van der Waals surface area contributed by atoms with Crippen molar-refractivity contribution in [3.63, 3.8) is 0 Å². The first-order chi connectivity index (χ1) is 5.27. The van der Waals surface area contributed by atoms with Gasteiger partial charge in [-0.1, -0.05) is 0 Å². The highest BCUT2D eigenvalue weighted by atomic mass is 32.2. The maximum absolute atomic E-state index is 5.00. The molecule has 0 aliphatic heterocycles. The summed E-state index contributed by atoms with van der Waals surface area (Å²) in [4.78, 5) is 4.17. The van der Waals surface area contributed by atoms with Gasteiger partial charge in [0.1, 0.15) is 5.82 Å². The van der Waals surface area contributed by atoms with Crippen LogP contribution in [0.1, 0.15) is 12.7 Å². The number of thioether (sulfide) groups is 1. The molecule has 0 bridgehead atoms. The molecular weight excluding hydrogens is 178 g/mol. The van der Waals surface area contributed by atoms with Crippen molar-refractivity contribution >= 4 is 24.0 Å². The normalized spacial score (nSPS) is 10.4. The monoisotopic (exact) mass is 189 g/mol. The van der Waals surface area contributed by atoms with E-state index in [4.69, 9.17) is 12.2 Å². The van der Waals surface area contributed by atoms with Gasteiger partial charge in [0.2, 0.25) is 4.77 Å². The van der Waals surface area contributed by atoms with Gasteiger partial charge in [-0.05, 0) is 25.4 Å². The zero-order valence-electron chi connectivity index (χ0n) is 6.63. The molecule has 1 rings (SSSR count). The van der Waals surface area contributed by atoms with Crippen LogP contribution in [0.4, 0.5) is 0 Å². The Morgan fingerprint density at radius 1 is 1.73 bits per heavy atom. The summed E-state index contributed by atoms with van der Waals surface area (Å²) in [7, 11) is 0. The van der Waals surface area contributed by atoms with Gasteiger partial charge in [-0.25, -0.2) is 4.98 Å². The molecule has 0 aliphatic rings. The summed E-state index contributed by atoms with van der Waals surface area (Å²) in [6, 6.07) is 0. The zero-order valence-corrected chi connectivity index (χ0v) is 8.26. The van der Waals surface area contributed by atoms with Crippen molar-refractivity contribution in [2.45, 2.75) is 19.2 Å². The number of aromatic amines is 1. The molecule has 0 unspecified atom stereocenters. The number of H-pyrrole nitrogens is 1. The molecule has 0 radical (unpaired) electrons. The summed E-state index contributed by atoms with van der Waals surface area (Å²) >= 11 is 6.73. The fourth-order valence-corrected chi connectivity index (χ4v) is 1.51. The topological polar surface area (TPSA) is 33.6 Å². The molecule has 0 fully saturated rings. The minimum absolute atomic E-state index is 0.650. The first kappa shape index (κ1) is 8.80. The van der Waals surface area contributed by atoms with E-state index >= 15 is 0 Å². The molecular formula is C6H11N3S2. The molecule has 3 nitrogen and oxygen atoms in total. The second kappa shape index (κ2) is 3.92. The second-order valence-corrected chi connectivity index (χ2v) is 3.36. The lowest BCUT2D eigenvalue weighted by Gasteiger charge is -1.93. The van der Waals surface area contributed by atoms with Crippen LogP contribution in [-0.2, 0) is 12.3 Å². The van der Waals surface area contributed by atoms with Crippen molar-refractivity contribution < 1.29 is 0 Å². The summed E-state index contributed by atoms with van der Waals surface area (Å²) in [5, 5.41) is 3.11. The number of rotatable bonds is 3. The number of hydrogen-bond donors (Lipinski definition) is 1. The third-order valence-corrected chi connectivity index (χ3v) is 2.20. The lowest BCUT2D eigenvalue weighted by molar-refractivity contribution is 0.643. The number of aryl methyl sites for hydroxylation is 1. The predicted molar refractivity (Wildman–Crippen MR) is 50.3 cm³/mol. The predicted octanol–water partition coefficient (Wildman–Crippen LogP) is 1.82. The van der Waals surface area contributed by atoms with Gasteiger partial charge in [-0.2, -0.15) is 11.8 Å². The SMILES string of the molecule is CCn1[nH]c(CSC)nc1=S. The number of nitrogens with one attached hydrogen (secondary N) is 1. The van der Waals surface area contributed by atoms with Crippen LogP contribution >= 0.6 is 24.0 Å². The van der Waals surface area contributed by atoms with Crippen molar-refractivity contribution in [1.29, 1.82) is 0 Å². The molecule has 0 saturated carbocycles. The fourth-order valence-electron chi connectivity index (χ4n) is 0.820. The quantitative estimate of drug-likeness (QED) is 0.736. The van der Waals surface area contributed by atoms with E-state index in [1.54, 1.807) is 11.8 Å². The fraction of sp³-hybridized carbons (Fsp3) is 0.667. The van der Waals surface area contributed by atoms with E-state index in [-0.39, 0.29) is 0 Å². The number of hydrogen-bond acceptors (Lipinski definition) is 3. The number of aromatic nitrogens is 3. The second-order valence-electron chi connectivity index (χ2n) is 2.13. The van der Waals surface area contributed by atoms with E-state index in [1.807, 2.05) is 17.9 Å². The van der Waals surface area contributed by atoms with E-state index in [9.17, 15) is 0 Å². The highest BCUT2D eigenvalue weighted by molar-refractivity contribution is 7.97. The Kier molecular flexibility index (Phi) is 3.14. The Labute approximate surface area is 75.2 Å². The lowest BCUT2D eigenvalue weighted by atomic mass is 10.7. The standard InChI is InChI=1S/C6H11N3S2/c1-3-9-6(10)7-5(8-9)4-11-2/h3-4H2,1-2H3,(H,7,8,10). The molecule has 0 aliphatic carbocycles. The van der Waals surface area contributed by atoms with Crippen molar-refractivity contribution in [2.24, 2.45) is 0 Å². The third-order valence-electron chi connectivity index (χ3n) is 1.32. The molecule has 0 spiro atoms. The van der Waals surface area contributed by atoms with Crippen LogP contribution in [0.2, 0.25) is 0 Å². The smallest absolute Gasteiger partial charge is 0.216 e. The summed E-state index contributed by atoms with van der Waals surface area (Å²) in [6.07, 6.45) is 2.04. The van der Waals surface area contributed by atoms with Crippen LogP contribution in [0.3, 0.4) is 0 Å². The molecule has 62 valence electrons. The molecule has 0 amide bonds. The van der Waals surface area contributed by atoms with Crippen molar-refractivity contribution in [2.75, 3.05) is 6.26 Å². The van der Waals surface area contributed by atoms with Gasteiger partial charge in [0.05, 0.1) is 5.75 Å². The molecule has 0 saturated heterocycles. The molecule has 0 aromatic carbocycles. The number of nitrogens with zero attached hydrogens (tertiary/aromatic N) is 2. The van der Waals surface area contributed by atoms with Gasteiger partial charge in [0.25, 0.3) is 0 Å². The molecule has 1 heterocycles. The van der Waals surface area contributed by atoms with Crippen LogP contribution in [0, 0.1) is 4.77 Å². The highest BCUT2D eigenvalue weighted by Gasteiger charge is 1.97. The lowest BCUT2D eigenvalue weighted by Crippen LogP contribution is -1.96. The van der Waals surface area contributed by atoms with E-state index in [0.29, 0.717) is 4.77 Å². The molecule has 1 N–H and O–H groups in total. The van der Waals surface area contributed by atoms with Crippen molar-refractivity contribution in [1.82, 2.24) is 14.8 Å². The van der Waals surface area contributed by atoms with E-state index in [1.165, 1.54) is 0 Å².